The SMILES string of the molecule is O=C(NCCCCCI)c1ccc2ccccc2n1. The second kappa shape index (κ2) is 7.43. The van der Waals surface area contributed by atoms with E-state index >= 15 is 0 Å². The van der Waals surface area contributed by atoms with Gasteiger partial charge in [0, 0.05) is 11.9 Å². The second-order valence-corrected chi connectivity index (χ2v) is 5.47. The third-order valence-corrected chi connectivity index (χ3v) is 3.69. The number of nitrogens with zero attached hydrogens (tertiary/aromatic N) is 1. The monoisotopic (exact) mass is 368 g/mol. The van der Waals surface area contributed by atoms with E-state index in [-0.39, 0.29) is 5.91 Å². The summed E-state index contributed by atoms with van der Waals surface area (Å²) in [6.45, 7) is 0.726. The van der Waals surface area contributed by atoms with Crippen LogP contribution in [0.15, 0.2) is 36.4 Å². The number of carbonyl (C=O) groups is 1. The molecule has 0 unspecified atom stereocenters. The highest BCUT2D eigenvalue weighted by Gasteiger charge is 2.06. The first-order valence-corrected chi connectivity index (χ1v) is 8.04. The van der Waals surface area contributed by atoms with E-state index in [0.29, 0.717) is 5.69 Å². The molecular weight excluding hydrogens is 351 g/mol. The normalized spacial score (nSPS) is 10.6. The number of para-hydroxylation sites is 1. The molecule has 0 fully saturated rings. The highest BCUT2D eigenvalue weighted by molar-refractivity contribution is 14.1. The Kier molecular flexibility index (Phi) is 5.57. The van der Waals surface area contributed by atoms with Gasteiger partial charge < -0.3 is 5.32 Å². The minimum Gasteiger partial charge on any atom is -0.351 e. The molecule has 0 bridgehead atoms. The summed E-state index contributed by atoms with van der Waals surface area (Å²) in [6.07, 6.45) is 3.40. The average molecular weight is 368 g/mol. The molecule has 19 heavy (non-hydrogen) atoms. The number of pyridine rings is 1. The molecule has 0 saturated heterocycles. The van der Waals surface area contributed by atoms with Crippen LogP contribution in [0.3, 0.4) is 0 Å². The van der Waals surface area contributed by atoms with Gasteiger partial charge in [-0.1, -0.05) is 53.3 Å². The molecule has 1 aromatic heterocycles. The minimum atomic E-state index is -0.0831. The summed E-state index contributed by atoms with van der Waals surface area (Å²) in [7, 11) is 0. The summed E-state index contributed by atoms with van der Waals surface area (Å²) < 4.78 is 1.18. The Labute approximate surface area is 126 Å². The molecular formula is C15H17IN2O. The summed E-state index contributed by atoms with van der Waals surface area (Å²) in [6, 6.07) is 11.5. The average Bonchev–Trinajstić information content (AvgIpc) is 2.46. The van der Waals surface area contributed by atoms with E-state index < -0.39 is 0 Å². The van der Waals surface area contributed by atoms with Gasteiger partial charge in [-0.3, -0.25) is 4.79 Å². The Hall–Kier alpha value is -1.17. The Balaban J connectivity index is 1.93. The van der Waals surface area contributed by atoms with Crippen molar-refractivity contribution < 1.29 is 4.79 Å². The predicted octanol–water partition coefficient (Wildman–Crippen LogP) is 3.57. The van der Waals surface area contributed by atoms with Crippen molar-refractivity contribution in [2.75, 3.05) is 11.0 Å². The number of hydrogen-bond donors (Lipinski definition) is 1. The maximum Gasteiger partial charge on any atom is 0.269 e. The van der Waals surface area contributed by atoms with Gasteiger partial charge in [0.15, 0.2) is 0 Å². The molecule has 0 radical (unpaired) electrons. The lowest BCUT2D eigenvalue weighted by Gasteiger charge is -2.05. The zero-order valence-corrected chi connectivity index (χ0v) is 12.9. The molecule has 1 aromatic carbocycles. The molecule has 1 N–H and O–H groups in total. The van der Waals surface area contributed by atoms with Crippen LogP contribution in [-0.2, 0) is 0 Å². The molecule has 100 valence electrons. The topological polar surface area (TPSA) is 42.0 Å². The maximum absolute atomic E-state index is 11.9. The summed E-state index contributed by atoms with van der Waals surface area (Å²) in [5, 5.41) is 3.98. The van der Waals surface area contributed by atoms with Crippen molar-refractivity contribution in [3.63, 3.8) is 0 Å². The second-order valence-electron chi connectivity index (χ2n) is 4.39. The Morgan fingerprint density at radius 1 is 1.11 bits per heavy atom. The van der Waals surface area contributed by atoms with Crippen LogP contribution in [0.25, 0.3) is 10.9 Å². The summed E-state index contributed by atoms with van der Waals surface area (Å²) in [4.78, 5) is 16.3. The van der Waals surface area contributed by atoms with E-state index in [1.807, 2.05) is 30.3 Å². The Bertz CT molecular complexity index is 557. The van der Waals surface area contributed by atoms with Crippen LogP contribution in [0.4, 0.5) is 0 Å². The lowest BCUT2D eigenvalue weighted by Crippen LogP contribution is -2.25. The fraction of sp³-hybridized carbons (Fsp3) is 0.333. The molecule has 3 nitrogen and oxygen atoms in total. The van der Waals surface area contributed by atoms with Gasteiger partial charge in [-0.15, -0.1) is 0 Å². The first-order chi connectivity index (χ1) is 9.31. The number of rotatable bonds is 6. The van der Waals surface area contributed by atoms with Crippen molar-refractivity contribution in [1.29, 1.82) is 0 Å². The standard InChI is InChI=1S/C15H17IN2O/c16-10-4-1-5-11-17-15(19)14-9-8-12-6-2-3-7-13(12)18-14/h2-3,6-9H,1,4-5,10-11H2,(H,17,19). The smallest absolute Gasteiger partial charge is 0.269 e. The largest absolute Gasteiger partial charge is 0.351 e. The van der Waals surface area contributed by atoms with Crippen LogP contribution in [-0.4, -0.2) is 21.9 Å². The molecule has 2 aromatic rings. The van der Waals surface area contributed by atoms with E-state index in [4.69, 9.17) is 0 Å². The number of carbonyl (C=O) groups excluding carboxylic acids is 1. The van der Waals surface area contributed by atoms with Crippen LogP contribution < -0.4 is 5.32 Å². The molecule has 2 rings (SSSR count). The molecule has 0 spiro atoms. The Morgan fingerprint density at radius 2 is 1.95 bits per heavy atom. The van der Waals surface area contributed by atoms with Crippen molar-refractivity contribution in [1.82, 2.24) is 10.3 Å². The van der Waals surface area contributed by atoms with Gasteiger partial charge in [-0.25, -0.2) is 4.98 Å². The van der Waals surface area contributed by atoms with Crippen molar-refractivity contribution in [3.05, 3.63) is 42.1 Å². The van der Waals surface area contributed by atoms with Crippen molar-refractivity contribution >= 4 is 39.4 Å². The number of amides is 1. The van der Waals surface area contributed by atoms with Crippen LogP contribution in [0.5, 0.6) is 0 Å². The van der Waals surface area contributed by atoms with Gasteiger partial charge in [0.05, 0.1) is 5.52 Å². The van der Waals surface area contributed by atoms with Crippen LogP contribution in [0.2, 0.25) is 0 Å². The molecule has 0 aliphatic rings. The van der Waals surface area contributed by atoms with Crippen LogP contribution >= 0.6 is 22.6 Å². The molecule has 0 aliphatic heterocycles. The third kappa shape index (κ3) is 4.16. The zero-order valence-electron chi connectivity index (χ0n) is 10.7. The number of benzene rings is 1. The predicted molar refractivity (Wildman–Crippen MR) is 86.8 cm³/mol. The number of fused-ring (bicyclic) bond motifs is 1. The molecule has 0 aliphatic carbocycles. The number of nitrogens with one attached hydrogen (secondary N) is 1. The molecule has 1 heterocycles. The van der Waals surface area contributed by atoms with E-state index in [1.165, 1.54) is 10.8 Å². The van der Waals surface area contributed by atoms with Crippen molar-refractivity contribution in [3.8, 4) is 0 Å². The molecule has 1 amide bonds. The fourth-order valence-electron chi connectivity index (χ4n) is 1.88. The van der Waals surface area contributed by atoms with Gasteiger partial charge in [0.25, 0.3) is 5.91 Å². The fourth-order valence-corrected chi connectivity index (χ4v) is 2.42. The van der Waals surface area contributed by atoms with Gasteiger partial charge >= 0.3 is 0 Å². The Morgan fingerprint density at radius 3 is 2.79 bits per heavy atom. The van der Waals surface area contributed by atoms with Gasteiger partial charge in [-0.2, -0.15) is 0 Å². The summed E-state index contributed by atoms with van der Waals surface area (Å²) in [5.74, 6) is -0.0831. The van der Waals surface area contributed by atoms with Crippen LogP contribution in [0, 0.1) is 0 Å². The minimum absolute atomic E-state index is 0.0831. The summed E-state index contributed by atoms with van der Waals surface area (Å²) in [5.41, 5.74) is 1.35. The lowest BCUT2D eigenvalue weighted by atomic mass is 10.2. The van der Waals surface area contributed by atoms with E-state index in [9.17, 15) is 4.79 Å². The lowest BCUT2D eigenvalue weighted by molar-refractivity contribution is 0.0948. The number of hydrogen-bond acceptors (Lipinski definition) is 2. The molecule has 4 heteroatoms. The first kappa shape index (κ1) is 14.2. The van der Waals surface area contributed by atoms with E-state index in [0.717, 1.165) is 30.3 Å². The number of halogens is 1. The van der Waals surface area contributed by atoms with Crippen LogP contribution in [0.1, 0.15) is 29.8 Å². The zero-order chi connectivity index (χ0) is 13.5. The van der Waals surface area contributed by atoms with E-state index in [1.54, 1.807) is 6.07 Å². The number of alkyl halides is 1. The summed E-state index contributed by atoms with van der Waals surface area (Å²) >= 11 is 2.37. The third-order valence-electron chi connectivity index (χ3n) is 2.93. The molecule has 0 atom stereocenters. The van der Waals surface area contributed by atoms with Gasteiger partial charge in [0.2, 0.25) is 0 Å². The van der Waals surface area contributed by atoms with Crippen molar-refractivity contribution in [2.45, 2.75) is 19.3 Å². The quantitative estimate of drug-likeness (QED) is 0.481. The highest BCUT2D eigenvalue weighted by Crippen LogP contribution is 2.11. The number of aromatic nitrogens is 1. The number of unbranched alkanes of at least 4 members (excludes halogenated alkanes) is 2. The molecule has 0 saturated carbocycles. The van der Waals surface area contributed by atoms with Gasteiger partial charge in [0.1, 0.15) is 5.69 Å². The van der Waals surface area contributed by atoms with Gasteiger partial charge in [-0.05, 0) is 29.4 Å². The first-order valence-electron chi connectivity index (χ1n) is 6.51. The maximum atomic E-state index is 11.9. The highest BCUT2D eigenvalue weighted by atomic mass is 127. The van der Waals surface area contributed by atoms with E-state index in [2.05, 4.69) is 32.9 Å². The van der Waals surface area contributed by atoms with Crippen molar-refractivity contribution in [2.24, 2.45) is 0 Å².